The average molecular weight is 407 g/mol. The maximum absolute atomic E-state index is 13.5. The highest BCUT2D eigenvalue weighted by Gasteiger charge is 2.38. The standard InChI is InChI=1S/C27H34O3/c1-9-11-12-20(10-2)15-21-16-22(30-26(29)27(6,7)8)24(25(21)28)23-18(4)13-17(3)14-19(23)5/h9-14,21H,1,15-16H2,2-8H3/b12-11-,20-10+. The first kappa shape index (κ1) is 23.6. The number of rotatable bonds is 6. The topological polar surface area (TPSA) is 43.4 Å². The lowest BCUT2D eigenvalue weighted by Gasteiger charge is -2.18. The highest BCUT2D eigenvalue weighted by atomic mass is 16.5. The summed E-state index contributed by atoms with van der Waals surface area (Å²) in [5.41, 5.74) is 5.09. The number of benzene rings is 1. The molecule has 0 fully saturated rings. The molecule has 0 aliphatic heterocycles. The zero-order valence-electron chi connectivity index (χ0n) is 19.4. The van der Waals surface area contributed by atoms with Crippen LogP contribution in [0, 0.1) is 32.1 Å². The molecule has 0 N–H and O–H groups in total. The minimum absolute atomic E-state index is 0.0492. The van der Waals surface area contributed by atoms with Gasteiger partial charge in [0.1, 0.15) is 5.76 Å². The zero-order valence-corrected chi connectivity index (χ0v) is 19.4. The molecule has 0 amide bonds. The van der Waals surface area contributed by atoms with Crippen molar-refractivity contribution < 1.29 is 14.3 Å². The number of ether oxygens (including phenoxy) is 1. The summed E-state index contributed by atoms with van der Waals surface area (Å²) in [5.74, 6) is -0.0107. The van der Waals surface area contributed by atoms with Gasteiger partial charge in [0.15, 0.2) is 5.78 Å². The van der Waals surface area contributed by atoms with Gasteiger partial charge in [0.2, 0.25) is 0 Å². The van der Waals surface area contributed by atoms with Crippen molar-refractivity contribution in [3.63, 3.8) is 0 Å². The molecule has 2 rings (SSSR count). The number of hydrogen-bond donors (Lipinski definition) is 0. The maximum atomic E-state index is 13.5. The second-order valence-electron chi connectivity index (χ2n) is 9.14. The van der Waals surface area contributed by atoms with E-state index >= 15 is 0 Å². The molecule has 1 aromatic carbocycles. The molecule has 0 spiro atoms. The molecule has 0 heterocycles. The van der Waals surface area contributed by atoms with Crippen LogP contribution < -0.4 is 0 Å². The van der Waals surface area contributed by atoms with Gasteiger partial charge < -0.3 is 4.74 Å². The fourth-order valence-electron chi connectivity index (χ4n) is 3.88. The zero-order chi connectivity index (χ0) is 22.6. The molecule has 0 aromatic heterocycles. The molecule has 3 heteroatoms. The largest absolute Gasteiger partial charge is 0.430 e. The number of carbonyl (C=O) groups excluding carboxylic acids is 2. The third-order valence-electron chi connectivity index (χ3n) is 5.38. The van der Waals surface area contributed by atoms with Gasteiger partial charge in [-0.1, -0.05) is 54.2 Å². The number of esters is 1. The van der Waals surface area contributed by atoms with E-state index in [1.54, 1.807) is 6.08 Å². The molecule has 1 unspecified atom stereocenters. The van der Waals surface area contributed by atoms with E-state index in [4.69, 9.17) is 4.74 Å². The number of carbonyl (C=O) groups is 2. The monoisotopic (exact) mass is 406 g/mol. The van der Waals surface area contributed by atoms with Crippen LogP contribution in [-0.2, 0) is 14.3 Å². The summed E-state index contributed by atoms with van der Waals surface area (Å²) in [6, 6.07) is 4.15. The Hall–Kier alpha value is -2.68. The van der Waals surface area contributed by atoms with Crippen molar-refractivity contribution in [1.29, 1.82) is 0 Å². The molecule has 1 atom stereocenters. The summed E-state index contributed by atoms with van der Waals surface area (Å²) in [7, 11) is 0. The normalized spacial score (nSPS) is 17.8. The summed E-state index contributed by atoms with van der Waals surface area (Å²) >= 11 is 0. The van der Waals surface area contributed by atoms with Gasteiger partial charge in [-0.25, -0.2) is 0 Å². The fraction of sp³-hybridized carbons (Fsp3) is 0.407. The predicted octanol–water partition coefficient (Wildman–Crippen LogP) is 6.58. The first-order valence-corrected chi connectivity index (χ1v) is 10.5. The predicted molar refractivity (Wildman–Crippen MR) is 124 cm³/mol. The van der Waals surface area contributed by atoms with Crippen molar-refractivity contribution in [3.8, 4) is 0 Å². The Morgan fingerprint density at radius 3 is 2.30 bits per heavy atom. The van der Waals surface area contributed by atoms with Gasteiger partial charge in [0, 0.05) is 12.3 Å². The van der Waals surface area contributed by atoms with Gasteiger partial charge in [0.25, 0.3) is 0 Å². The highest BCUT2D eigenvalue weighted by molar-refractivity contribution is 6.25. The lowest BCUT2D eigenvalue weighted by molar-refractivity contribution is -0.148. The van der Waals surface area contributed by atoms with Crippen LogP contribution in [0.15, 0.2) is 54.3 Å². The van der Waals surface area contributed by atoms with Crippen LogP contribution in [0.3, 0.4) is 0 Å². The molecule has 1 aliphatic carbocycles. The summed E-state index contributed by atoms with van der Waals surface area (Å²) in [4.78, 5) is 26.2. The lowest BCUT2D eigenvalue weighted by atomic mass is 9.89. The Balaban J connectivity index is 2.52. The van der Waals surface area contributed by atoms with Crippen molar-refractivity contribution in [2.75, 3.05) is 0 Å². The SMILES string of the molecule is C=C/C=C\C(=C/C)CC1CC(OC(=O)C(C)(C)C)=C(c2c(C)cc(C)cc2C)C1=O. The molecule has 0 bridgehead atoms. The van der Waals surface area contributed by atoms with E-state index in [-0.39, 0.29) is 17.7 Å². The van der Waals surface area contributed by atoms with Crippen LogP contribution in [-0.4, -0.2) is 11.8 Å². The van der Waals surface area contributed by atoms with E-state index in [1.165, 1.54) is 0 Å². The summed E-state index contributed by atoms with van der Waals surface area (Å²) in [5, 5.41) is 0. The van der Waals surface area contributed by atoms with Crippen LogP contribution in [0.2, 0.25) is 0 Å². The van der Waals surface area contributed by atoms with Gasteiger partial charge in [-0.15, -0.1) is 0 Å². The molecule has 0 saturated carbocycles. The molecule has 1 aromatic rings. The number of Topliss-reactive ketones (excluding diaryl/α,β-unsaturated/α-hetero) is 1. The van der Waals surface area contributed by atoms with E-state index in [0.29, 0.717) is 24.2 Å². The Morgan fingerprint density at radius 1 is 1.20 bits per heavy atom. The second-order valence-corrected chi connectivity index (χ2v) is 9.14. The lowest BCUT2D eigenvalue weighted by Crippen LogP contribution is -2.22. The van der Waals surface area contributed by atoms with Gasteiger partial charge in [0.05, 0.1) is 11.0 Å². The van der Waals surface area contributed by atoms with Crippen LogP contribution in [0.5, 0.6) is 0 Å². The van der Waals surface area contributed by atoms with Crippen LogP contribution in [0.1, 0.15) is 62.8 Å². The first-order valence-electron chi connectivity index (χ1n) is 10.5. The Bertz CT molecular complexity index is 926. The average Bonchev–Trinajstić information content (AvgIpc) is 2.92. The summed E-state index contributed by atoms with van der Waals surface area (Å²) in [6.45, 7) is 17.2. The molecule has 0 radical (unpaired) electrons. The van der Waals surface area contributed by atoms with Gasteiger partial charge in [-0.2, -0.15) is 0 Å². The molecule has 160 valence electrons. The summed E-state index contributed by atoms with van der Waals surface area (Å²) < 4.78 is 5.85. The van der Waals surface area contributed by atoms with Crippen molar-refractivity contribution in [1.82, 2.24) is 0 Å². The van der Waals surface area contributed by atoms with Crippen molar-refractivity contribution in [2.24, 2.45) is 11.3 Å². The number of aryl methyl sites for hydroxylation is 3. The third kappa shape index (κ3) is 5.27. The third-order valence-corrected chi connectivity index (χ3v) is 5.38. The number of hydrogen-bond acceptors (Lipinski definition) is 3. The van der Waals surface area contributed by atoms with Crippen LogP contribution in [0.25, 0.3) is 5.57 Å². The molecule has 3 nitrogen and oxygen atoms in total. The first-order chi connectivity index (χ1) is 14.0. The number of allylic oxidation sites excluding steroid dienone is 7. The van der Waals surface area contributed by atoms with E-state index < -0.39 is 5.41 Å². The smallest absolute Gasteiger partial charge is 0.316 e. The van der Waals surface area contributed by atoms with E-state index in [0.717, 1.165) is 27.8 Å². The summed E-state index contributed by atoms with van der Waals surface area (Å²) in [6.07, 6.45) is 8.61. The van der Waals surface area contributed by atoms with Crippen molar-refractivity contribution in [3.05, 3.63) is 76.6 Å². The Labute approximate surface area is 181 Å². The van der Waals surface area contributed by atoms with Gasteiger partial charge >= 0.3 is 5.97 Å². The quantitative estimate of drug-likeness (QED) is 0.396. The van der Waals surface area contributed by atoms with Crippen molar-refractivity contribution >= 4 is 17.3 Å². The minimum Gasteiger partial charge on any atom is -0.430 e. The minimum atomic E-state index is -0.641. The van der Waals surface area contributed by atoms with E-state index in [9.17, 15) is 9.59 Å². The van der Waals surface area contributed by atoms with Gasteiger partial charge in [-0.3, -0.25) is 9.59 Å². The fourth-order valence-corrected chi connectivity index (χ4v) is 3.88. The van der Waals surface area contributed by atoms with E-state index in [2.05, 4.69) is 18.7 Å². The van der Waals surface area contributed by atoms with Gasteiger partial charge in [-0.05, 0) is 71.6 Å². The molecule has 0 saturated heterocycles. The molecule has 30 heavy (non-hydrogen) atoms. The maximum Gasteiger partial charge on any atom is 0.316 e. The Morgan fingerprint density at radius 2 is 1.80 bits per heavy atom. The van der Waals surface area contributed by atoms with Crippen LogP contribution >= 0.6 is 0 Å². The molecular weight excluding hydrogens is 372 g/mol. The van der Waals surface area contributed by atoms with Crippen molar-refractivity contribution in [2.45, 2.75) is 61.3 Å². The molecule has 1 aliphatic rings. The Kier molecular flexibility index (Phi) is 7.41. The highest BCUT2D eigenvalue weighted by Crippen LogP contribution is 2.41. The van der Waals surface area contributed by atoms with E-state index in [1.807, 2.05) is 66.7 Å². The number of ketones is 1. The second kappa shape index (κ2) is 9.42. The van der Waals surface area contributed by atoms with Crippen LogP contribution in [0.4, 0.5) is 0 Å². The molecular formula is C27H34O3.